The van der Waals surface area contributed by atoms with Crippen molar-refractivity contribution in [1.29, 1.82) is 0 Å². The molecule has 1 aromatic heterocycles. The van der Waals surface area contributed by atoms with Crippen molar-refractivity contribution in [3.8, 4) is 0 Å². The Hall–Kier alpha value is -1.16. The molecular weight excluding hydrogens is 286 g/mol. The summed E-state index contributed by atoms with van der Waals surface area (Å²) in [7, 11) is 0. The third kappa shape index (κ3) is 3.85. The average Bonchev–Trinajstić information content (AvgIpc) is 3.29. The standard InChI is InChI=1S/C19H29N3O/c23-19-8-7-18(17-5-6-17)20-22(19)14-16-9-11-21(12-10-16)13-15-3-1-2-4-15/h7-8,15-17H,1-6,9-14H2. The van der Waals surface area contributed by atoms with E-state index in [0.29, 0.717) is 11.8 Å². The van der Waals surface area contributed by atoms with Gasteiger partial charge in [0.15, 0.2) is 0 Å². The second-order valence-corrected chi connectivity index (χ2v) is 7.95. The van der Waals surface area contributed by atoms with Gasteiger partial charge >= 0.3 is 0 Å². The molecule has 1 aromatic rings. The van der Waals surface area contributed by atoms with Crippen LogP contribution in [0.2, 0.25) is 0 Å². The fourth-order valence-corrected chi connectivity index (χ4v) is 4.35. The number of nitrogens with zero attached hydrogens (tertiary/aromatic N) is 3. The second-order valence-electron chi connectivity index (χ2n) is 7.95. The highest BCUT2D eigenvalue weighted by molar-refractivity contribution is 5.12. The van der Waals surface area contributed by atoms with E-state index in [-0.39, 0.29) is 5.56 Å². The number of likely N-dealkylation sites (tertiary alicyclic amines) is 1. The Bertz CT molecular complexity index is 579. The van der Waals surface area contributed by atoms with Crippen molar-refractivity contribution in [1.82, 2.24) is 14.7 Å². The van der Waals surface area contributed by atoms with Crippen LogP contribution in [0.3, 0.4) is 0 Å². The summed E-state index contributed by atoms with van der Waals surface area (Å²) in [5, 5.41) is 4.62. The van der Waals surface area contributed by atoms with E-state index in [1.54, 1.807) is 10.7 Å². The summed E-state index contributed by atoms with van der Waals surface area (Å²) in [5.41, 5.74) is 1.20. The maximum atomic E-state index is 12.1. The van der Waals surface area contributed by atoms with Crippen molar-refractivity contribution in [3.05, 3.63) is 28.2 Å². The van der Waals surface area contributed by atoms with E-state index >= 15 is 0 Å². The maximum Gasteiger partial charge on any atom is 0.266 e. The van der Waals surface area contributed by atoms with E-state index in [4.69, 9.17) is 0 Å². The lowest BCUT2D eigenvalue weighted by Gasteiger charge is -2.33. The summed E-state index contributed by atoms with van der Waals surface area (Å²) in [6.45, 7) is 4.54. The maximum absolute atomic E-state index is 12.1. The lowest BCUT2D eigenvalue weighted by Crippen LogP contribution is -2.39. The van der Waals surface area contributed by atoms with Gasteiger partial charge in [0.25, 0.3) is 5.56 Å². The van der Waals surface area contributed by atoms with E-state index < -0.39 is 0 Å². The highest BCUT2D eigenvalue weighted by Gasteiger charge is 2.27. The molecule has 126 valence electrons. The van der Waals surface area contributed by atoms with E-state index in [9.17, 15) is 4.79 Å². The first-order valence-electron chi connectivity index (χ1n) is 9.58. The zero-order chi connectivity index (χ0) is 15.6. The minimum absolute atomic E-state index is 0.0720. The van der Waals surface area contributed by atoms with Gasteiger partial charge in [0.1, 0.15) is 0 Å². The molecule has 0 N–H and O–H groups in total. The Labute approximate surface area is 138 Å². The van der Waals surface area contributed by atoms with Crippen molar-refractivity contribution < 1.29 is 0 Å². The van der Waals surface area contributed by atoms with Crippen LogP contribution in [0, 0.1) is 11.8 Å². The minimum atomic E-state index is 0.0720. The van der Waals surface area contributed by atoms with Crippen molar-refractivity contribution in [2.24, 2.45) is 11.8 Å². The van der Waals surface area contributed by atoms with Crippen molar-refractivity contribution in [2.75, 3.05) is 19.6 Å². The van der Waals surface area contributed by atoms with Gasteiger partial charge in [-0.1, -0.05) is 12.8 Å². The summed E-state index contributed by atoms with van der Waals surface area (Å²) in [6.07, 6.45) is 10.7. The van der Waals surface area contributed by atoms with Crippen LogP contribution < -0.4 is 5.56 Å². The molecule has 4 nitrogen and oxygen atoms in total. The highest BCUT2D eigenvalue weighted by atomic mass is 16.1. The quantitative estimate of drug-likeness (QED) is 0.838. The summed E-state index contributed by atoms with van der Waals surface area (Å²) in [6, 6.07) is 3.65. The smallest absolute Gasteiger partial charge is 0.266 e. The molecule has 0 unspecified atom stereocenters. The first kappa shape index (κ1) is 15.4. The highest BCUT2D eigenvalue weighted by Crippen LogP contribution is 2.38. The fourth-order valence-electron chi connectivity index (χ4n) is 4.35. The van der Waals surface area contributed by atoms with Gasteiger partial charge in [-0.25, -0.2) is 4.68 Å². The van der Waals surface area contributed by atoms with Crippen molar-refractivity contribution in [3.63, 3.8) is 0 Å². The van der Waals surface area contributed by atoms with Crippen molar-refractivity contribution >= 4 is 0 Å². The molecule has 2 saturated carbocycles. The Balaban J connectivity index is 1.30. The van der Waals surface area contributed by atoms with Crippen LogP contribution in [0.4, 0.5) is 0 Å². The number of piperidine rings is 1. The summed E-state index contributed by atoms with van der Waals surface area (Å²) >= 11 is 0. The predicted octanol–water partition coefficient (Wildman–Crippen LogP) is 3.02. The zero-order valence-corrected chi connectivity index (χ0v) is 14.1. The second kappa shape index (κ2) is 6.76. The monoisotopic (exact) mass is 315 g/mol. The van der Waals surface area contributed by atoms with Crippen LogP contribution >= 0.6 is 0 Å². The Kier molecular flexibility index (Phi) is 4.52. The molecule has 23 heavy (non-hydrogen) atoms. The topological polar surface area (TPSA) is 38.1 Å². The molecule has 0 radical (unpaired) electrons. The summed E-state index contributed by atoms with van der Waals surface area (Å²) in [5.74, 6) is 2.19. The molecule has 1 saturated heterocycles. The molecule has 3 aliphatic rings. The van der Waals surface area contributed by atoms with Crippen LogP contribution in [0.1, 0.15) is 63.0 Å². The van der Waals surface area contributed by atoms with Gasteiger partial charge in [0.2, 0.25) is 0 Å². The third-order valence-electron chi connectivity index (χ3n) is 6.01. The van der Waals surface area contributed by atoms with E-state index in [1.807, 2.05) is 6.07 Å². The normalized spacial score (nSPS) is 24.3. The predicted molar refractivity (Wildman–Crippen MR) is 91.6 cm³/mol. The Morgan fingerprint density at radius 2 is 1.61 bits per heavy atom. The molecule has 0 amide bonds. The molecule has 2 aliphatic carbocycles. The van der Waals surface area contributed by atoms with Crippen LogP contribution in [0.25, 0.3) is 0 Å². The molecule has 2 heterocycles. The van der Waals surface area contributed by atoms with Gasteiger partial charge in [0.05, 0.1) is 5.69 Å². The number of hydrogen-bond donors (Lipinski definition) is 0. The van der Waals surface area contributed by atoms with Crippen molar-refractivity contribution in [2.45, 2.75) is 63.8 Å². The molecule has 0 spiro atoms. The van der Waals surface area contributed by atoms with E-state index in [0.717, 1.165) is 18.2 Å². The average molecular weight is 315 g/mol. The lowest BCUT2D eigenvalue weighted by atomic mass is 9.95. The van der Waals surface area contributed by atoms with Crippen LogP contribution in [-0.4, -0.2) is 34.3 Å². The number of aromatic nitrogens is 2. The summed E-state index contributed by atoms with van der Waals surface area (Å²) in [4.78, 5) is 14.7. The third-order valence-corrected chi connectivity index (χ3v) is 6.01. The molecule has 0 aromatic carbocycles. The van der Waals surface area contributed by atoms with Gasteiger partial charge in [-0.15, -0.1) is 0 Å². The van der Waals surface area contributed by atoms with Crippen LogP contribution in [0.5, 0.6) is 0 Å². The largest absolute Gasteiger partial charge is 0.303 e. The minimum Gasteiger partial charge on any atom is -0.303 e. The first-order chi connectivity index (χ1) is 11.3. The molecule has 1 aliphatic heterocycles. The van der Waals surface area contributed by atoms with Gasteiger partial charge in [-0.3, -0.25) is 4.79 Å². The number of rotatable bonds is 5. The summed E-state index contributed by atoms with van der Waals surface area (Å²) < 4.78 is 1.74. The first-order valence-corrected chi connectivity index (χ1v) is 9.58. The Morgan fingerprint density at radius 3 is 2.30 bits per heavy atom. The van der Waals surface area contributed by atoms with Gasteiger partial charge < -0.3 is 4.90 Å². The van der Waals surface area contributed by atoms with Gasteiger partial charge in [-0.2, -0.15) is 5.10 Å². The van der Waals surface area contributed by atoms with Gasteiger partial charge in [-0.05, 0) is 69.5 Å². The van der Waals surface area contributed by atoms with E-state index in [1.165, 1.54) is 71.0 Å². The Morgan fingerprint density at radius 1 is 0.913 bits per heavy atom. The molecule has 4 rings (SSSR count). The SMILES string of the molecule is O=c1ccc(C2CC2)nn1CC1CCN(CC2CCCC2)CC1. The zero-order valence-electron chi connectivity index (χ0n) is 14.1. The fraction of sp³-hybridized carbons (Fsp3) is 0.789. The lowest BCUT2D eigenvalue weighted by molar-refractivity contribution is 0.150. The molecular formula is C19H29N3O. The van der Waals surface area contributed by atoms with Gasteiger partial charge in [0, 0.05) is 25.1 Å². The van der Waals surface area contributed by atoms with Crippen LogP contribution in [0.15, 0.2) is 16.9 Å². The number of hydrogen-bond acceptors (Lipinski definition) is 3. The molecule has 4 heteroatoms. The molecule has 3 fully saturated rings. The molecule has 0 atom stereocenters. The molecule has 0 bridgehead atoms. The van der Waals surface area contributed by atoms with Crippen LogP contribution in [-0.2, 0) is 6.54 Å². The van der Waals surface area contributed by atoms with E-state index in [2.05, 4.69) is 10.00 Å².